The lowest BCUT2D eigenvalue weighted by atomic mass is 10.2. The molecule has 0 aliphatic rings. The molecule has 1 rings (SSSR count). The van der Waals surface area contributed by atoms with Gasteiger partial charge in [0.05, 0.1) is 11.7 Å². The summed E-state index contributed by atoms with van der Waals surface area (Å²) in [5.41, 5.74) is -0.609. The van der Waals surface area contributed by atoms with E-state index < -0.39 is 11.7 Å². The number of halogens is 3. The molecule has 0 aliphatic carbocycles. The van der Waals surface area contributed by atoms with Crippen molar-refractivity contribution in [1.29, 1.82) is 0 Å². The van der Waals surface area contributed by atoms with Crippen LogP contribution in [-0.4, -0.2) is 28.0 Å². The monoisotopic (exact) mass is 310 g/mol. The van der Waals surface area contributed by atoms with Crippen molar-refractivity contribution < 1.29 is 18.3 Å². The number of rotatable bonds is 6. The van der Waals surface area contributed by atoms with Crippen LogP contribution >= 0.6 is 23.5 Å². The smallest absolute Gasteiger partial charge is 0.392 e. The van der Waals surface area contributed by atoms with Crippen LogP contribution in [0.2, 0.25) is 0 Å². The van der Waals surface area contributed by atoms with Gasteiger partial charge in [-0.2, -0.15) is 24.9 Å². The Bertz CT molecular complexity index is 394. The van der Waals surface area contributed by atoms with Crippen LogP contribution < -0.4 is 0 Å². The van der Waals surface area contributed by atoms with Gasteiger partial charge in [-0.15, -0.1) is 11.8 Å². The minimum Gasteiger partial charge on any atom is -0.392 e. The Hall–Kier alpha value is -0.330. The summed E-state index contributed by atoms with van der Waals surface area (Å²) in [7, 11) is 0. The molecule has 108 valence electrons. The van der Waals surface area contributed by atoms with Crippen molar-refractivity contribution in [3.63, 3.8) is 0 Å². The predicted molar refractivity (Wildman–Crippen MR) is 75.8 cm³/mol. The first-order valence-electron chi connectivity index (χ1n) is 5.90. The normalized spacial score (nSPS) is 15.3. The molecule has 0 spiro atoms. The molecule has 0 radical (unpaired) electrons. The molecule has 2 atom stereocenters. The van der Waals surface area contributed by atoms with Crippen LogP contribution in [0.4, 0.5) is 13.2 Å². The van der Waals surface area contributed by atoms with Gasteiger partial charge in [0, 0.05) is 21.7 Å². The molecule has 1 aromatic carbocycles. The van der Waals surface area contributed by atoms with E-state index >= 15 is 0 Å². The molecule has 0 heterocycles. The number of hydrogen-bond donors (Lipinski definition) is 1. The summed E-state index contributed by atoms with van der Waals surface area (Å²) in [6.45, 7) is 3.67. The van der Waals surface area contributed by atoms with Crippen LogP contribution in [0, 0.1) is 0 Å². The van der Waals surface area contributed by atoms with Crippen molar-refractivity contribution in [2.45, 2.75) is 36.3 Å². The second-order valence-electron chi connectivity index (χ2n) is 4.19. The Morgan fingerprint density at radius 3 is 2.47 bits per heavy atom. The third-order valence-electron chi connectivity index (χ3n) is 2.57. The van der Waals surface area contributed by atoms with Crippen molar-refractivity contribution in [1.82, 2.24) is 0 Å². The Labute approximate surface area is 120 Å². The highest BCUT2D eigenvalue weighted by Crippen LogP contribution is 2.32. The number of alkyl halides is 3. The molecule has 0 saturated heterocycles. The van der Waals surface area contributed by atoms with E-state index in [9.17, 15) is 18.3 Å². The van der Waals surface area contributed by atoms with Crippen molar-refractivity contribution >= 4 is 23.5 Å². The molecule has 0 amide bonds. The molecular weight excluding hydrogens is 293 g/mol. The van der Waals surface area contributed by atoms with Gasteiger partial charge in [0.15, 0.2) is 0 Å². The third-order valence-corrected chi connectivity index (χ3v) is 5.19. The Morgan fingerprint density at radius 2 is 1.89 bits per heavy atom. The van der Waals surface area contributed by atoms with Crippen LogP contribution in [0.3, 0.4) is 0 Å². The number of aliphatic hydroxyl groups is 1. The Balaban J connectivity index is 2.42. The van der Waals surface area contributed by atoms with E-state index in [4.69, 9.17) is 0 Å². The van der Waals surface area contributed by atoms with Crippen LogP contribution in [0.25, 0.3) is 0 Å². The van der Waals surface area contributed by atoms with Crippen molar-refractivity contribution in [2.75, 3.05) is 11.5 Å². The van der Waals surface area contributed by atoms with Gasteiger partial charge < -0.3 is 5.11 Å². The maximum Gasteiger partial charge on any atom is 0.416 e. The SMILES string of the molecule is CC(O)C(C)SCCSc1cccc(C(F)(F)F)c1. The summed E-state index contributed by atoms with van der Waals surface area (Å²) >= 11 is 3.02. The van der Waals surface area contributed by atoms with E-state index in [0.717, 1.165) is 17.6 Å². The van der Waals surface area contributed by atoms with E-state index in [2.05, 4.69) is 0 Å². The average Bonchev–Trinajstić information content (AvgIpc) is 2.33. The minimum absolute atomic E-state index is 0.141. The van der Waals surface area contributed by atoms with Gasteiger partial charge in [0.25, 0.3) is 0 Å². The number of benzene rings is 1. The van der Waals surface area contributed by atoms with Crippen molar-refractivity contribution in [2.24, 2.45) is 0 Å². The Morgan fingerprint density at radius 1 is 1.21 bits per heavy atom. The number of aliphatic hydroxyl groups excluding tert-OH is 1. The molecule has 1 aromatic rings. The average molecular weight is 310 g/mol. The van der Waals surface area contributed by atoms with Crippen LogP contribution in [0.1, 0.15) is 19.4 Å². The molecule has 19 heavy (non-hydrogen) atoms. The highest BCUT2D eigenvalue weighted by molar-refractivity contribution is 8.03. The summed E-state index contributed by atoms with van der Waals surface area (Å²) in [5.74, 6) is 1.52. The molecule has 1 nitrogen and oxygen atoms in total. The van der Waals surface area contributed by atoms with E-state index in [-0.39, 0.29) is 11.4 Å². The zero-order chi connectivity index (χ0) is 14.5. The lowest BCUT2D eigenvalue weighted by Crippen LogP contribution is -2.15. The molecule has 2 unspecified atom stereocenters. The maximum absolute atomic E-state index is 12.5. The topological polar surface area (TPSA) is 20.2 Å². The fourth-order valence-corrected chi connectivity index (χ4v) is 3.28. The lowest BCUT2D eigenvalue weighted by Gasteiger charge is -2.13. The van der Waals surface area contributed by atoms with Gasteiger partial charge in [-0.3, -0.25) is 0 Å². The summed E-state index contributed by atoms with van der Waals surface area (Å²) in [6, 6.07) is 5.36. The first kappa shape index (κ1) is 16.7. The molecule has 0 fully saturated rings. The predicted octanol–water partition coefficient (Wildman–Crippen LogP) is 4.30. The molecule has 0 bridgehead atoms. The number of hydrogen-bond acceptors (Lipinski definition) is 3. The van der Waals surface area contributed by atoms with Crippen LogP contribution in [0.15, 0.2) is 29.2 Å². The molecule has 0 aliphatic heterocycles. The maximum atomic E-state index is 12.5. The Kier molecular flexibility index (Phi) is 6.56. The highest BCUT2D eigenvalue weighted by Gasteiger charge is 2.30. The second kappa shape index (κ2) is 7.45. The molecule has 6 heteroatoms. The quantitative estimate of drug-likeness (QED) is 0.625. The standard InChI is InChI=1S/C13H17F3OS2/c1-9(17)10(2)18-6-7-19-12-5-3-4-11(8-12)13(14,15)16/h3-5,8-10,17H,6-7H2,1-2H3. The summed E-state index contributed by atoms with van der Waals surface area (Å²) in [4.78, 5) is 0.625. The van der Waals surface area contributed by atoms with Gasteiger partial charge >= 0.3 is 6.18 Å². The van der Waals surface area contributed by atoms with Gasteiger partial charge in [-0.25, -0.2) is 0 Å². The van der Waals surface area contributed by atoms with Crippen molar-refractivity contribution in [3.8, 4) is 0 Å². The second-order valence-corrected chi connectivity index (χ2v) is 6.84. The summed E-state index contributed by atoms with van der Waals surface area (Å²) in [6.07, 6.45) is -4.66. The van der Waals surface area contributed by atoms with E-state index in [1.54, 1.807) is 24.8 Å². The number of thioether (sulfide) groups is 2. The first-order valence-corrected chi connectivity index (χ1v) is 7.94. The first-order chi connectivity index (χ1) is 8.80. The van der Waals surface area contributed by atoms with E-state index in [0.29, 0.717) is 4.90 Å². The fraction of sp³-hybridized carbons (Fsp3) is 0.538. The third kappa shape index (κ3) is 6.10. The highest BCUT2D eigenvalue weighted by atomic mass is 32.2. The van der Waals surface area contributed by atoms with Gasteiger partial charge in [-0.1, -0.05) is 13.0 Å². The molecule has 1 N–H and O–H groups in total. The van der Waals surface area contributed by atoms with Gasteiger partial charge in [0.2, 0.25) is 0 Å². The summed E-state index contributed by atoms with van der Waals surface area (Å²) < 4.78 is 37.5. The molecule has 0 saturated carbocycles. The van der Waals surface area contributed by atoms with Gasteiger partial charge in [-0.05, 0) is 25.1 Å². The van der Waals surface area contributed by atoms with Crippen LogP contribution in [0.5, 0.6) is 0 Å². The molecule has 0 aromatic heterocycles. The minimum atomic E-state index is -4.29. The summed E-state index contributed by atoms with van der Waals surface area (Å²) in [5, 5.41) is 9.45. The zero-order valence-electron chi connectivity index (χ0n) is 10.8. The lowest BCUT2D eigenvalue weighted by molar-refractivity contribution is -0.137. The zero-order valence-corrected chi connectivity index (χ0v) is 12.4. The van der Waals surface area contributed by atoms with Gasteiger partial charge in [0.1, 0.15) is 0 Å². The van der Waals surface area contributed by atoms with Crippen molar-refractivity contribution in [3.05, 3.63) is 29.8 Å². The van der Waals surface area contributed by atoms with E-state index in [1.165, 1.54) is 23.9 Å². The van der Waals surface area contributed by atoms with Crippen LogP contribution in [-0.2, 0) is 6.18 Å². The molecular formula is C13H17F3OS2. The van der Waals surface area contributed by atoms with E-state index in [1.807, 2.05) is 6.92 Å². The fourth-order valence-electron chi connectivity index (χ4n) is 1.29. The largest absolute Gasteiger partial charge is 0.416 e.